The molecule has 0 spiro atoms. The van der Waals surface area contributed by atoms with Crippen molar-refractivity contribution >= 4 is 23.3 Å². The summed E-state index contributed by atoms with van der Waals surface area (Å²) in [5, 5.41) is 4.69. The Morgan fingerprint density at radius 3 is 2.96 bits per heavy atom. The maximum Gasteiger partial charge on any atom is 0.292 e. The molecule has 1 aliphatic carbocycles. The molecular weight excluding hydrogens is 348 g/mol. The van der Waals surface area contributed by atoms with Crippen molar-refractivity contribution < 1.29 is 14.3 Å². The zero-order chi connectivity index (χ0) is 18.2. The number of nitrogens with zero attached hydrogens (tertiary/aromatic N) is 1. The Balaban J connectivity index is 1.76. The van der Waals surface area contributed by atoms with Gasteiger partial charge in [0.15, 0.2) is 0 Å². The fraction of sp³-hybridized carbons (Fsp3) is 0.400. The van der Waals surface area contributed by atoms with E-state index in [2.05, 4.69) is 23.5 Å². The molecule has 1 atom stereocenters. The number of thiophene rings is 1. The van der Waals surface area contributed by atoms with Gasteiger partial charge in [-0.05, 0) is 48.8 Å². The van der Waals surface area contributed by atoms with Crippen molar-refractivity contribution in [3.8, 4) is 0 Å². The second-order valence-corrected chi connectivity index (χ2v) is 6.97. The predicted octanol–water partition coefficient (Wildman–Crippen LogP) is 3.96. The van der Waals surface area contributed by atoms with Crippen molar-refractivity contribution in [3.05, 3.63) is 57.8 Å². The molecule has 1 N–H and O–H groups in total. The molecule has 3 rings (SSSR count). The van der Waals surface area contributed by atoms with Gasteiger partial charge in [0, 0.05) is 6.61 Å². The number of hydrogen-bond acceptors (Lipinski definition) is 5. The van der Waals surface area contributed by atoms with Crippen LogP contribution in [0.2, 0.25) is 0 Å². The first-order chi connectivity index (χ1) is 12.8. The number of amidine groups is 1. The standard InChI is InChI=1S/C20H24N2O3S/c1-2-24-12-13-25-20(22-19(23)18-11-6-14-26-18)21-17-10-5-8-15-7-3-4-9-16(15)17/h3-4,6-7,9,11,14,17H,2,5,8,10,12-13H2,1H3,(H,21,22,23)/t17-/m0/s1. The molecule has 2 aromatic rings. The maximum atomic E-state index is 12.4. The van der Waals surface area contributed by atoms with Crippen LogP contribution in [-0.4, -0.2) is 31.7 Å². The topological polar surface area (TPSA) is 59.9 Å². The van der Waals surface area contributed by atoms with Gasteiger partial charge in [-0.2, -0.15) is 0 Å². The molecule has 1 amide bonds. The first kappa shape index (κ1) is 18.6. The second-order valence-electron chi connectivity index (χ2n) is 6.02. The lowest BCUT2D eigenvalue weighted by atomic mass is 9.88. The molecular formula is C20H24N2O3S. The van der Waals surface area contributed by atoms with E-state index in [-0.39, 0.29) is 18.0 Å². The van der Waals surface area contributed by atoms with Gasteiger partial charge in [-0.15, -0.1) is 11.3 Å². The number of hydrogen-bond donors (Lipinski definition) is 1. The van der Waals surface area contributed by atoms with Crippen LogP contribution in [-0.2, 0) is 15.9 Å². The number of carbonyl (C=O) groups excluding carboxylic acids is 1. The highest BCUT2D eigenvalue weighted by molar-refractivity contribution is 7.12. The molecule has 6 heteroatoms. The molecule has 0 bridgehead atoms. The molecule has 26 heavy (non-hydrogen) atoms. The summed E-state index contributed by atoms with van der Waals surface area (Å²) in [4.78, 5) is 17.8. The zero-order valence-corrected chi connectivity index (χ0v) is 15.8. The van der Waals surface area contributed by atoms with E-state index in [0.29, 0.717) is 24.7 Å². The van der Waals surface area contributed by atoms with Crippen molar-refractivity contribution in [2.24, 2.45) is 4.99 Å². The van der Waals surface area contributed by atoms with Crippen molar-refractivity contribution in [3.63, 3.8) is 0 Å². The number of rotatable bonds is 6. The highest BCUT2D eigenvalue weighted by Gasteiger charge is 2.21. The van der Waals surface area contributed by atoms with Gasteiger partial charge in [-0.1, -0.05) is 30.3 Å². The summed E-state index contributed by atoms with van der Waals surface area (Å²) in [5.41, 5.74) is 2.54. The Labute approximate surface area is 158 Å². The lowest BCUT2D eigenvalue weighted by Crippen LogP contribution is -2.33. The summed E-state index contributed by atoms with van der Waals surface area (Å²) in [7, 11) is 0. The summed E-state index contributed by atoms with van der Waals surface area (Å²) < 4.78 is 11.0. The molecule has 138 valence electrons. The van der Waals surface area contributed by atoms with E-state index in [1.54, 1.807) is 6.07 Å². The maximum absolute atomic E-state index is 12.4. The number of carbonyl (C=O) groups is 1. The third kappa shape index (κ3) is 4.93. The summed E-state index contributed by atoms with van der Waals surface area (Å²) in [5.74, 6) is -0.195. The van der Waals surface area contributed by atoms with E-state index < -0.39 is 0 Å². The Hall–Kier alpha value is -2.18. The molecule has 0 radical (unpaired) electrons. The van der Waals surface area contributed by atoms with Gasteiger partial charge in [-0.3, -0.25) is 10.1 Å². The third-order valence-corrected chi connectivity index (χ3v) is 5.12. The number of fused-ring (bicyclic) bond motifs is 1. The first-order valence-corrected chi connectivity index (χ1v) is 9.87. The van der Waals surface area contributed by atoms with E-state index >= 15 is 0 Å². The molecule has 1 aromatic carbocycles. The van der Waals surface area contributed by atoms with E-state index in [0.717, 1.165) is 19.3 Å². The molecule has 0 saturated carbocycles. The molecule has 0 aliphatic heterocycles. The number of amides is 1. The van der Waals surface area contributed by atoms with Gasteiger partial charge in [0.2, 0.25) is 0 Å². The van der Waals surface area contributed by atoms with Crippen LogP contribution < -0.4 is 5.32 Å². The molecule has 1 aromatic heterocycles. The van der Waals surface area contributed by atoms with Gasteiger partial charge >= 0.3 is 0 Å². The first-order valence-electron chi connectivity index (χ1n) is 8.99. The van der Waals surface area contributed by atoms with E-state index in [1.165, 1.54) is 22.5 Å². The molecule has 0 fully saturated rings. The van der Waals surface area contributed by atoms with Crippen LogP contribution in [0.15, 0.2) is 46.8 Å². The normalized spacial score (nSPS) is 16.8. The van der Waals surface area contributed by atoms with Crippen LogP contribution in [0.4, 0.5) is 0 Å². The molecule has 1 aliphatic rings. The van der Waals surface area contributed by atoms with Gasteiger partial charge in [0.25, 0.3) is 11.9 Å². The zero-order valence-electron chi connectivity index (χ0n) is 14.9. The van der Waals surface area contributed by atoms with Crippen LogP contribution in [0.5, 0.6) is 0 Å². The van der Waals surface area contributed by atoms with Crippen LogP contribution in [0, 0.1) is 0 Å². The quantitative estimate of drug-likeness (QED) is 0.474. The minimum absolute atomic E-state index is 0.00526. The number of ether oxygens (including phenoxy) is 2. The average molecular weight is 372 g/mol. The van der Waals surface area contributed by atoms with Gasteiger partial charge in [0.05, 0.1) is 17.5 Å². The predicted molar refractivity (Wildman–Crippen MR) is 104 cm³/mol. The fourth-order valence-corrected chi connectivity index (χ4v) is 3.64. The van der Waals surface area contributed by atoms with Crippen LogP contribution in [0.1, 0.15) is 46.6 Å². The van der Waals surface area contributed by atoms with E-state index in [9.17, 15) is 4.79 Å². The summed E-state index contributed by atoms with van der Waals surface area (Å²) in [6.07, 6.45) is 3.10. The van der Waals surface area contributed by atoms with Gasteiger partial charge in [0.1, 0.15) is 6.61 Å². The van der Waals surface area contributed by atoms with E-state index in [4.69, 9.17) is 14.5 Å². The molecule has 5 nitrogen and oxygen atoms in total. The fourth-order valence-electron chi connectivity index (χ4n) is 3.02. The Morgan fingerprint density at radius 2 is 2.15 bits per heavy atom. The third-order valence-electron chi connectivity index (χ3n) is 4.25. The molecule has 0 saturated heterocycles. The minimum atomic E-state index is -0.195. The molecule has 0 unspecified atom stereocenters. The SMILES string of the molecule is CCOCCOC(=N[C@H]1CCCc2ccccc21)NC(=O)c1cccs1. The van der Waals surface area contributed by atoms with Gasteiger partial charge < -0.3 is 9.47 Å². The summed E-state index contributed by atoms with van der Waals surface area (Å²) in [6.45, 7) is 3.39. The minimum Gasteiger partial charge on any atom is -0.463 e. The smallest absolute Gasteiger partial charge is 0.292 e. The van der Waals surface area contributed by atoms with E-state index in [1.807, 2.05) is 24.4 Å². The van der Waals surface area contributed by atoms with Crippen molar-refractivity contribution in [2.45, 2.75) is 32.2 Å². The summed E-state index contributed by atoms with van der Waals surface area (Å²) in [6, 6.07) is 12.3. The number of aliphatic imine (C=N–C) groups is 1. The number of nitrogens with one attached hydrogen (secondary N) is 1. The largest absolute Gasteiger partial charge is 0.463 e. The lowest BCUT2D eigenvalue weighted by Gasteiger charge is -2.23. The highest BCUT2D eigenvalue weighted by Crippen LogP contribution is 2.32. The Morgan fingerprint density at radius 1 is 1.27 bits per heavy atom. The highest BCUT2D eigenvalue weighted by atomic mass is 32.1. The van der Waals surface area contributed by atoms with Crippen molar-refractivity contribution in [1.82, 2.24) is 5.32 Å². The monoisotopic (exact) mass is 372 g/mol. The Kier molecular flexibility index (Phi) is 6.80. The van der Waals surface area contributed by atoms with Crippen LogP contribution >= 0.6 is 11.3 Å². The van der Waals surface area contributed by atoms with Crippen molar-refractivity contribution in [2.75, 3.05) is 19.8 Å². The second kappa shape index (κ2) is 9.50. The molecule has 1 heterocycles. The van der Waals surface area contributed by atoms with Crippen molar-refractivity contribution in [1.29, 1.82) is 0 Å². The van der Waals surface area contributed by atoms with Crippen LogP contribution in [0.3, 0.4) is 0 Å². The number of aryl methyl sites for hydroxylation is 1. The average Bonchev–Trinajstić information content (AvgIpc) is 3.20. The van der Waals surface area contributed by atoms with Crippen LogP contribution in [0.25, 0.3) is 0 Å². The Bertz CT molecular complexity index is 743. The number of benzene rings is 1. The van der Waals surface area contributed by atoms with Gasteiger partial charge in [-0.25, -0.2) is 4.99 Å². The summed E-state index contributed by atoms with van der Waals surface area (Å²) >= 11 is 1.39. The lowest BCUT2D eigenvalue weighted by molar-refractivity contribution is 0.0923.